The molecule has 0 unspecified atom stereocenters. The summed E-state index contributed by atoms with van der Waals surface area (Å²) in [4.78, 5) is 17.2. The maximum atomic E-state index is 13.2. The van der Waals surface area contributed by atoms with Gasteiger partial charge >= 0.3 is 0 Å². The van der Waals surface area contributed by atoms with Gasteiger partial charge in [-0.3, -0.25) is 14.5 Å². The second-order valence-corrected chi connectivity index (χ2v) is 10.8. The van der Waals surface area contributed by atoms with E-state index in [-0.39, 0.29) is 16.9 Å². The van der Waals surface area contributed by atoms with Gasteiger partial charge in [-0.25, -0.2) is 8.42 Å². The van der Waals surface area contributed by atoms with Crippen molar-refractivity contribution in [3.63, 3.8) is 0 Å². The normalized spacial score (nSPS) is 11.6. The van der Waals surface area contributed by atoms with E-state index in [0.29, 0.717) is 22.7 Å². The van der Waals surface area contributed by atoms with E-state index in [1.807, 2.05) is 33.8 Å². The Morgan fingerprint density at radius 2 is 1.62 bits per heavy atom. The molecule has 9 heteroatoms. The van der Waals surface area contributed by atoms with E-state index in [2.05, 4.69) is 15.0 Å². The highest BCUT2D eigenvalue weighted by molar-refractivity contribution is 7.92. The van der Waals surface area contributed by atoms with E-state index in [0.717, 1.165) is 17.4 Å². The summed E-state index contributed by atoms with van der Waals surface area (Å²) in [5.41, 5.74) is 2.33. The third kappa shape index (κ3) is 6.48. The Labute approximate surface area is 200 Å². The minimum Gasteiger partial charge on any atom is -0.492 e. The van der Waals surface area contributed by atoms with Crippen LogP contribution in [0, 0.1) is 6.92 Å². The Hall–Kier alpha value is -3.59. The number of aryl methyl sites for hydroxylation is 1. The first-order valence-corrected chi connectivity index (χ1v) is 12.5. The van der Waals surface area contributed by atoms with Crippen LogP contribution in [0.25, 0.3) is 0 Å². The molecule has 0 aliphatic rings. The van der Waals surface area contributed by atoms with Gasteiger partial charge in [-0.15, -0.1) is 0 Å². The zero-order chi connectivity index (χ0) is 25.1. The summed E-state index contributed by atoms with van der Waals surface area (Å²) in [7, 11) is -2.15. The van der Waals surface area contributed by atoms with Gasteiger partial charge in [0.2, 0.25) is 10.0 Å². The summed E-state index contributed by atoms with van der Waals surface area (Å²) >= 11 is 0. The monoisotopic (exact) mass is 483 g/mol. The topological polar surface area (TPSA) is 107 Å². The fourth-order valence-corrected chi connectivity index (χ4v) is 3.88. The highest BCUT2D eigenvalue weighted by Gasteiger charge is 2.22. The number of carbonyl (C=O) groups is 1. The van der Waals surface area contributed by atoms with Gasteiger partial charge in [-0.1, -0.05) is 20.8 Å². The molecule has 0 aliphatic heterocycles. The fourth-order valence-electron chi connectivity index (χ4n) is 3.32. The average molecular weight is 484 g/mol. The van der Waals surface area contributed by atoms with Crippen LogP contribution in [-0.4, -0.2) is 32.7 Å². The van der Waals surface area contributed by atoms with Gasteiger partial charge in [0.05, 0.1) is 24.7 Å². The summed E-state index contributed by atoms with van der Waals surface area (Å²) in [6.07, 6.45) is 4.30. The summed E-state index contributed by atoms with van der Waals surface area (Å²) in [6.45, 7) is 7.85. The van der Waals surface area contributed by atoms with Crippen molar-refractivity contribution in [2.24, 2.45) is 0 Å². The Morgan fingerprint density at radius 1 is 0.971 bits per heavy atom. The molecule has 0 saturated carbocycles. The molecule has 1 amide bonds. The number of rotatable bonds is 7. The lowest BCUT2D eigenvalue weighted by atomic mass is 9.86. The molecule has 180 valence electrons. The first-order valence-electron chi connectivity index (χ1n) is 10.6. The number of anilines is 2. The molecule has 0 bridgehead atoms. The van der Waals surface area contributed by atoms with E-state index in [1.165, 1.54) is 7.11 Å². The highest BCUT2D eigenvalue weighted by atomic mass is 32.2. The number of nitrogens with one attached hydrogen (secondary N) is 2. The number of ether oxygens (including phenoxy) is 2. The average Bonchev–Trinajstić information content (AvgIpc) is 2.72. The molecule has 0 radical (unpaired) electrons. The van der Waals surface area contributed by atoms with Crippen molar-refractivity contribution in [3.8, 4) is 17.2 Å². The fraction of sp³-hybridized carbons (Fsp3) is 0.280. The number of nitrogens with zero attached hydrogens (tertiary/aromatic N) is 1. The molecule has 0 atom stereocenters. The van der Waals surface area contributed by atoms with Crippen molar-refractivity contribution in [2.45, 2.75) is 33.1 Å². The third-order valence-electron chi connectivity index (χ3n) is 4.90. The first kappa shape index (κ1) is 25.0. The van der Waals surface area contributed by atoms with Gasteiger partial charge in [-0.2, -0.15) is 0 Å². The van der Waals surface area contributed by atoms with Crippen molar-refractivity contribution in [1.29, 1.82) is 0 Å². The standard InChI is InChI=1S/C25H29N3O5S/c1-16-11-17(13-20(12-16)33-19-7-9-26-10-8-19)24(29)27-21-14-18(25(2,3)4)15-22(23(21)32-5)28-34(6,30)31/h7-15,28H,1-6H3,(H,27,29). The van der Waals surface area contributed by atoms with Crippen molar-refractivity contribution in [2.75, 3.05) is 23.4 Å². The van der Waals surface area contributed by atoms with E-state index in [4.69, 9.17) is 9.47 Å². The Balaban J connectivity index is 2.00. The molecule has 0 saturated heterocycles. The number of methoxy groups -OCH3 is 1. The number of amides is 1. The predicted octanol–water partition coefficient (Wildman–Crippen LogP) is 5.11. The van der Waals surface area contributed by atoms with Crippen LogP contribution in [0.5, 0.6) is 17.2 Å². The maximum Gasteiger partial charge on any atom is 0.255 e. The van der Waals surface area contributed by atoms with Crippen LogP contribution in [0.3, 0.4) is 0 Å². The van der Waals surface area contributed by atoms with E-state index >= 15 is 0 Å². The molecular formula is C25H29N3O5S. The number of hydrogen-bond acceptors (Lipinski definition) is 6. The van der Waals surface area contributed by atoms with Gasteiger partial charge in [0.1, 0.15) is 11.5 Å². The third-order valence-corrected chi connectivity index (χ3v) is 5.49. The van der Waals surface area contributed by atoms with Gasteiger partial charge in [0.25, 0.3) is 5.91 Å². The largest absolute Gasteiger partial charge is 0.492 e. The Bertz CT molecular complexity index is 1300. The molecule has 2 N–H and O–H groups in total. The molecule has 1 heterocycles. The second-order valence-electron chi connectivity index (χ2n) is 9.00. The van der Waals surface area contributed by atoms with Crippen LogP contribution >= 0.6 is 0 Å². The lowest BCUT2D eigenvalue weighted by molar-refractivity contribution is 0.102. The molecule has 1 aromatic heterocycles. The van der Waals surface area contributed by atoms with Gasteiger partial charge in [0.15, 0.2) is 5.75 Å². The number of pyridine rings is 1. The minimum absolute atomic E-state index is 0.215. The Morgan fingerprint density at radius 3 is 2.21 bits per heavy atom. The summed E-state index contributed by atoms with van der Waals surface area (Å²) in [5.74, 6) is 0.930. The zero-order valence-corrected chi connectivity index (χ0v) is 20.9. The van der Waals surface area contributed by atoms with Gasteiger partial charge in [-0.05, 0) is 65.9 Å². The summed E-state index contributed by atoms with van der Waals surface area (Å²) < 4.78 is 37.7. The lowest BCUT2D eigenvalue weighted by Gasteiger charge is -2.24. The molecular weight excluding hydrogens is 454 g/mol. The van der Waals surface area contributed by atoms with Crippen molar-refractivity contribution >= 4 is 27.3 Å². The minimum atomic E-state index is -3.57. The molecule has 34 heavy (non-hydrogen) atoms. The number of carbonyl (C=O) groups excluding carboxylic acids is 1. The van der Waals surface area contributed by atoms with Crippen molar-refractivity contribution in [1.82, 2.24) is 4.98 Å². The van der Waals surface area contributed by atoms with Crippen LogP contribution < -0.4 is 19.5 Å². The summed E-state index contributed by atoms with van der Waals surface area (Å²) in [5, 5.41) is 2.87. The Kier molecular flexibility index (Phi) is 7.16. The SMILES string of the molecule is COc1c(NC(=O)c2cc(C)cc(Oc3ccncc3)c2)cc(C(C)(C)C)cc1NS(C)(=O)=O. The van der Waals surface area contributed by atoms with Gasteiger partial charge in [0, 0.05) is 18.0 Å². The zero-order valence-electron chi connectivity index (χ0n) is 20.1. The van der Waals surface area contributed by atoms with Crippen LogP contribution in [0.2, 0.25) is 0 Å². The molecule has 3 aromatic rings. The predicted molar refractivity (Wildman–Crippen MR) is 134 cm³/mol. The highest BCUT2D eigenvalue weighted by Crippen LogP contribution is 2.39. The maximum absolute atomic E-state index is 13.2. The van der Waals surface area contributed by atoms with E-state index < -0.39 is 15.9 Å². The molecule has 2 aromatic carbocycles. The molecule has 0 spiro atoms. The van der Waals surface area contributed by atoms with Crippen LogP contribution in [0.15, 0.2) is 54.9 Å². The first-order chi connectivity index (χ1) is 15.9. The molecule has 3 rings (SSSR count). The lowest BCUT2D eigenvalue weighted by Crippen LogP contribution is -2.18. The van der Waals surface area contributed by atoms with Gasteiger partial charge < -0.3 is 14.8 Å². The van der Waals surface area contributed by atoms with E-state index in [1.54, 1.807) is 48.8 Å². The molecule has 0 aliphatic carbocycles. The van der Waals surface area contributed by atoms with Crippen molar-refractivity contribution < 1.29 is 22.7 Å². The summed E-state index contributed by atoms with van der Waals surface area (Å²) in [6, 6.07) is 12.1. The smallest absolute Gasteiger partial charge is 0.255 e. The van der Waals surface area contributed by atoms with Crippen LogP contribution in [-0.2, 0) is 15.4 Å². The molecule has 0 fully saturated rings. The van der Waals surface area contributed by atoms with E-state index in [9.17, 15) is 13.2 Å². The van der Waals surface area contributed by atoms with Crippen molar-refractivity contribution in [3.05, 3.63) is 71.5 Å². The number of sulfonamides is 1. The number of benzene rings is 2. The molecule has 8 nitrogen and oxygen atoms in total. The second kappa shape index (κ2) is 9.72. The number of hydrogen-bond donors (Lipinski definition) is 2. The van der Waals surface area contributed by atoms with Crippen LogP contribution in [0.1, 0.15) is 42.3 Å². The van der Waals surface area contributed by atoms with Crippen LogP contribution in [0.4, 0.5) is 11.4 Å². The number of aromatic nitrogens is 1. The quantitative estimate of drug-likeness (QED) is 0.484.